The van der Waals surface area contributed by atoms with Gasteiger partial charge in [0, 0.05) is 18.5 Å². The molecular formula is C26H26N4O5S. The number of anilines is 2. The number of hydrogen-bond acceptors (Lipinski definition) is 8. The Morgan fingerprint density at radius 3 is 2.39 bits per heavy atom. The van der Waals surface area contributed by atoms with E-state index in [0.717, 1.165) is 17.4 Å². The van der Waals surface area contributed by atoms with Crippen molar-refractivity contribution in [3.8, 4) is 5.75 Å². The van der Waals surface area contributed by atoms with Gasteiger partial charge in [-0.25, -0.2) is 18.4 Å². The molecule has 0 aliphatic heterocycles. The van der Waals surface area contributed by atoms with Crippen LogP contribution in [0.2, 0.25) is 0 Å². The van der Waals surface area contributed by atoms with Gasteiger partial charge in [0.05, 0.1) is 31.8 Å². The summed E-state index contributed by atoms with van der Waals surface area (Å²) in [4.78, 5) is 23.5. The Morgan fingerprint density at radius 1 is 1.06 bits per heavy atom. The van der Waals surface area contributed by atoms with Crippen LogP contribution in [-0.4, -0.2) is 37.7 Å². The van der Waals surface area contributed by atoms with E-state index in [-0.39, 0.29) is 5.69 Å². The summed E-state index contributed by atoms with van der Waals surface area (Å²) in [6.45, 7) is 2.72. The summed E-state index contributed by atoms with van der Waals surface area (Å²) in [7, 11) is -2.20. The van der Waals surface area contributed by atoms with Crippen LogP contribution >= 0.6 is 0 Å². The zero-order valence-electron chi connectivity index (χ0n) is 20.1. The van der Waals surface area contributed by atoms with E-state index >= 15 is 0 Å². The molecule has 4 rings (SSSR count). The van der Waals surface area contributed by atoms with Gasteiger partial charge in [-0.05, 0) is 48.9 Å². The summed E-state index contributed by atoms with van der Waals surface area (Å²) in [5.41, 5.74) is 2.91. The van der Waals surface area contributed by atoms with Gasteiger partial charge < -0.3 is 19.4 Å². The lowest BCUT2D eigenvalue weighted by Gasteiger charge is -2.25. The summed E-state index contributed by atoms with van der Waals surface area (Å²) in [6, 6.07) is 18.4. The third-order valence-corrected chi connectivity index (χ3v) is 6.26. The van der Waals surface area contributed by atoms with Gasteiger partial charge in [-0.1, -0.05) is 29.8 Å². The van der Waals surface area contributed by atoms with Crippen molar-refractivity contribution in [2.75, 3.05) is 23.6 Å². The molecule has 0 atom stereocenters. The van der Waals surface area contributed by atoms with Gasteiger partial charge in [-0.2, -0.15) is 0 Å². The zero-order valence-corrected chi connectivity index (χ0v) is 21.0. The minimum Gasteiger partial charge on any atom is -0.497 e. The monoisotopic (exact) mass is 506 g/mol. The van der Waals surface area contributed by atoms with Crippen LogP contribution in [0.1, 0.15) is 27.4 Å². The second kappa shape index (κ2) is 10.6. The molecule has 0 aliphatic carbocycles. The highest BCUT2D eigenvalue weighted by Gasteiger charge is 2.24. The van der Waals surface area contributed by atoms with E-state index in [1.54, 1.807) is 43.7 Å². The Kier molecular flexibility index (Phi) is 7.35. The molecular weight excluding hydrogens is 480 g/mol. The van der Waals surface area contributed by atoms with Crippen LogP contribution in [0.25, 0.3) is 0 Å². The lowest BCUT2D eigenvalue weighted by atomic mass is 10.1. The molecule has 0 spiro atoms. The molecule has 0 bridgehead atoms. The molecule has 2 aromatic heterocycles. The minimum atomic E-state index is -3.75. The Hall–Kier alpha value is -4.18. The number of ether oxygens (including phenoxy) is 1. The lowest BCUT2D eigenvalue weighted by molar-refractivity contribution is 0.102. The van der Waals surface area contributed by atoms with Crippen molar-refractivity contribution < 1.29 is 22.4 Å². The molecule has 0 radical (unpaired) electrons. The van der Waals surface area contributed by atoms with Crippen molar-refractivity contribution in [1.82, 2.24) is 9.97 Å². The number of carbonyl (C=O) groups excluding carboxylic acids is 1. The number of benzene rings is 2. The normalized spacial score (nSPS) is 11.2. The molecule has 2 aromatic carbocycles. The number of methoxy groups -OCH3 is 1. The summed E-state index contributed by atoms with van der Waals surface area (Å²) in [5.74, 6) is 0.726. The largest absolute Gasteiger partial charge is 0.497 e. The molecule has 0 unspecified atom stereocenters. The lowest BCUT2D eigenvalue weighted by Crippen LogP contribution is -2.27. The minimum absolute atomic E-state index is 0.0695. The van der Waals surface area contributed by atoms with E-state index in [9.17, 15) is 13.2 Å². The highest BCUT2D eigenvalue weighted by Crippen LogP contribution is 2.26. The average Bonchev–Trinajstić information content (AvgIpc) is 3.38. The van der Waals surface area contributed by atoms with Crippen LogP contribution in [0, 0.1) is 6.92 Å². The molecule has 186 valence electrons. The molecule has 9 nitrogen and oxygen atoms in total. The van der Waals surface area contributed by atoms with E-state index in [2.05, 4.69) is 15.3 Å². The number of hydrogen-bond donors (Lipinski definition) is 1. The zero-order chi connectivity index (χ0) is 25.7. The first kappa shape index (κ1) is 24.9. The Bertz CT molecular complexity index is 1430. The number of sulfone groups is 1. The van der Waals surface area contributed by atoms with Crippen LogP contribution in [0.4, 0.5) is 11.4 Å². The maximum Gasteiger partial charge on any atom is 0.276 e. The smallest absolute Gasteiger partial charge is 0.276 e. The first-order valence-electron chi connectivity index (χ1n) is 11.1. The van der Waals surface area contributed by atoms with Gasteiger partial charge >= 0.3 is 0 Å². The van der Waals surface area contributed by atoms with E-state index in [4.69, 9.17) is 9.15 Å². The third-order valence-electron chi connectivity index (χ3n) is 5.40. The van der Waals surface area contributed by atoms with Crippen molar-refractivity contribution in [3.63, 3.8) is 0 Å². The number of carbonyl (C=O) groups is 1. The van der Waals surface area contributed by atoms with Gasteiger partial charge in [-0.3, -0.25) is 4.79 Å². The number of aromatic nitrogens is 2. The fourth-order valence-electron chi connectivity index (χ4n) is 3.53. The van der Waals surface area contributed by atoms with Crippen LogP contribution < -0.4 is 15.0 Å². The standard InChI is InChI=1S/C26H26N4O5S/c1-18-6-8-19(9-7-18)16-30(17-22-5-4-14-35-22)23-15-27-26(36(3,32)33)29-24(23)25(31)28-20-10-12-21(34-2)13-11-20/h4-15H,16-17H2,1-3H3,(H,28,31). The number of aryl methyl sites for hydroxylation is 1. The molecule has 2 heterocycles. The Morgan fingerprint density at radius 2 is 1.78 bits per heavy atom. The summed E-state index contributed by atoms with van der Waals surface area (Å²) in [5, 5.41) is 2.35. The maximum absolute atomic E-state index is 13.4. The number of furan rings is 1. The summed E-state index contributed by atoms with van der Waals surface area (Å²) >= 11 is 0. The molecule has 0 aliphatic rings. The Balaban J connectivity index is 1.75. The molecule has 1 amide bonds. The van der Waals surface area contributed by atoms with Crippen LogP contribution in [-0.2, 0) is 22.9 Å². The van der Waals surface area contributed by atoms with Crippen LogP contribution in [0.5, 0.6) is 5.75 Å². The highest BCUT2D eigenvalue weighted by molar-refractivity contribution is 7.90. The summed E-state index contributed by atoms with van der Waals surface area (Å²) in [6.07, 6.45) is 3.93. The van der Waals surface area contributed by atoms with E-state index < -0.39 is 20.9 Å². The first-order chi connectivity index (χ1) is 17.2. The highest BCUT2D eigenvalue weighted by atomic mass is 32.2. The molecule has 4 aromatic rings. The van der Waals surface area contributed by atoms with Crippen molar-refractivity contribution >= 4 is 27.1 Å². The predicted molar refractivity (Wildman–Crippen MR) is 136 cm³/mol. The molecule has 1 N–H and O–H groups in total. The fraction of sp³-hybridized carbons (Fsp3) is 0.192. The van der Waals surface area contributed by atoms with Gasteiger partial charge in [-0.15, -0.1) is 0 Å². The van der Waals surface area contributed by atoms with Crippen LogP contribution in [0.3, 0.4) is 0 Å². The molecule has 0 fully saturated rings. The van der Waals surface area contributed by atoms with E-state index in [0.29, 0.717) is 36.0 Å². The number of rotatable bonds is 9. The number of nitrogens with zero attached hydrogens (tertiary/aromatic N) is 3. The quantitative estimate of drug-likeness (QED) is 0.335. The SMILES string of the molecule is COc1ccc(NC(=O)c2nc(S(C)(=O)=O)ncc2N(Cc2ccc(C)cc2)Cc2ccco2)cc1. The molecule has 10 heteroatoms. The van der Waals surface area contributed by atoms with Gasteiger partial charge in [0.15, 0.2) is 5.69 Å². The fourth-order valence-corrected chi connectivity index (χ4v) is 4.03. The number of nitrogens with one attached hydrogen (secondary N) is 1. The van der Waals surface area contributed by atoms with Crippen LogP contribution in [0.15, 0.2) is 82.7 Å². The predicted octanol–water partition coefficient (Wildman–Crippen LogP) is 4.25. The topological polar surface area (TPSA) is 115 Å². The van der Waals surface area contributed by atoms with E-state index in [1.807, 2.05) is 42.2 Å². The maximum atomic E-state index is 13.4. The van der Waals surface area contributed by atoms with Gasteiger partial charge in [0.2, 0.25) is 15.0 Å². The molecule has 0 saturated heterocycles. The van der Waals surface area contributed by atoms with Crippen molar-refractivity contribution in [1.29, 1.82) is 0 Å². The second-order valence-electron chi connectivity index (χ2n) is 8.26. The second-order valence-corrected chi connectivity index (χ2v) is 10.2. The van der Waals surface area contributed by atoms with Crippen molar-refractivity contribution in [3.05, 3.63) is 95.7 Å². The Labute approximate surface area is 209 Å². The third kappa shape index (κ3) is 6.08. The summed E-state index contributed by atoms with van der Waals surface area (Å²) < 4.78 is 35.1. The van der Waals surface area contributed by atoms with Gasteiger partial charge in [0.1, 0.15) is 11.5 Å². The van der Waals surface area contributed by atoms with E-state index in [1.165, 1.54) is 6.20 Å². The number of amides is 1. The molecule has 0 saturated carbocycles. The average molecular weight is 507 g/mol. The first-order valence-corrected chi connectivity index (χ1v) is 13.0. The van der Waals surface area contributed by atoms with Crippen molar-refractivity contribution in [2.24, 2.45) is 0 Å². The van der Waals surface area contributed by atoms with Gasteiger partial charge in [0.25, 0.3) is 5.91 Å². The molecule has 36 heavy (non-hydrogen) atoms. The van der Waals surface area contributed by atoms with Crippen molar-refractivity contribution in [2.45, 2.75) is 25.2 Å².